The van der Waals surface area contributed by atoms with E-state index in [9.17, 15) is 5.11 Å². The van der Waals surface area contributed by atoms with Crippen molar-refractivity contribution in [1.29, 1.82) is 0 Å². The van der Waals surface area contributed by atoms with E-state index in [0.717, 1.165) is 17.0 Å². The molecule has 0 radical (unpaired) electrons. The Balaban J connectivity index is -0.000000298. The molecule has 0 amide bonds. The van der Waals surface area contributed by atoms with Gasteiger partial charge in [0.05, 0.1) is 0 Å². The molecule has 1 aromatic carbocycles. The number of pyridine rings is 2. The van der Waals surface area contributed by atoms with Crippen LogP contribution in [-0.4, -0.2) is 27.3 Å². The van der Waals surface area contributed by atoms with Gasteiger partial charge in [-0.2, -0.15) is 43.3 Å². The average Bonchev–Trinajstić information content (AvgIpc) is 2.66. The summed E-state index contributed by atoms with van der Waals surface area (Å²) in [5.41, 5.74) is 2.89. The van der Waals surface area contributed by atoms with Crippen LogP contribution in [0, 0.1) is 33.2 Å². The van der Waals surface area contributed by atoms with Gasteiger partial charge < -0.3 is 22.0 Å². The van der Waals surface area contributed by atoms with Crippen LogP contribution in [0.4, 0.5) is 0 Å². The summed E-state index contributed by atoms with van der Waals surface area (Å²) in [6.45, 7) is 10.5. The van der Waals surface area contributed by atoms with E-state index in [2.05, 4.69) is 29.3 Å². The van der Waals surface area contributed by atoms with Gasteiger partial charge in [0.25, 0.3) is 0 Å². The zero-order valence-corrected chi connectivity index (χ0v) is 18.2. The average molecular weight is 368 g/mol. The van der Waals surface area contributed by atoms with E-state index in [-0.39, 0.29) is 36.2 Å². The van der Waals surface area contributed by atoms with Gasteiger partial charge in [-0.3, -0.25) is 0 Å². The molecule has 5 heteroatoms. The molecule has 1 atom stereocenters. The molecular formula is C22H26AlLiN2O. The summed E-state index contributed by atoms with van der Waals surface area (Å²) >= 11 is 0. The van der Waals surface area contributed by atoms with Crippen LogP contribution in [0.5, 0.6) is 0 Å². The Bertz CT molecular complexity index is 601. The summed E-state index contributed by atoms with van der Waals surface area (Å²) in [5.74, 6) is 0. The van der Waals surface area contributed by atoms with E-state index in [4.69, 9.17) is 0 Å². The van der Waals surface area contributed by atoms with Crippen LogP contribution in [0.1, 0.15) is 36.9 Å². The second-order valence-electron chi connectivity index (χ2n) is 4.87. The molecule has 2 heterocycles. The van der Waals surface area contributed by atoms with Crippen molar-refractivity contribution in [2.24, 2.45) is 0 Å². The summed E-state index contributed by atoms with van der Waals surface area (Å²) < 4.78 is 0. The summed E-state index contributed by atoms with van der Waals surface area (Å²) in [4.78, 5) is 7.71. The number of hydrogen-bond acceptors (Lipinski definition) is 3. The van der Waals surface area contributed by atoms with Gasteiger partial charge in [-0.15, -0.1) is 6.10 Å². The first kappa shape index (κ1) is 30.3. The fourth-order valence-corrected chi connectivity index (χ4v) is 1.54. The number of aryl methyl sites for hydroxylation is 2. The van der Waals surface area contributed by atoms with Crippen molar-refractivity contribution >= 4 is 17.4 Å². The molecule has 0 N–H and O–H groups in total. The summed E-state index contributed by atoms with van der Waals surface area (Å²) in [6.07, 6.45) is 4.83. The molecule has 0 bridgehead atoms. The Hall–Kier alpha value is -1.39. The van der Waals surface area contributed by atoms with E-state index in [1.165, 1.54) is 0 Å². The first-order valence-electron chi connectivity index (χ1n) is 8.10. The Labute approximate surface area is 187 Å². The van der Waals surface area contributed by atoms with Crippen LogP contribution in [0.15, 0.2) is 66.7 Å². The first-order chi connectivity index (χ1) is 12.1. The molecule has 0 aliphatic rings. The van der Waals surface area contributed by atoms with E-state index >= 15 is 0 Å². The summed E-state index contributed by atoms with van der Waals surface area (Å²) in [7, 11) is 0. The maximum atomic E-state index is 10.7. The fraction of sp³-hybridized carbons (Fsp3) is 0.227. The molecule has 3 aromatic rings. The van der Waals surface area contributed by atoms with Crippen LogP contribution in [0.2, 0.25) is 0 Å². The minimum Gasteiger partial charge on any atom is -0.849 e. The monoisotopic (exact) mass is 368 g/mol. The molecule has 0 aliphatic carbocycles. The van der Waals surface area contributed by atoms with Gasteiger partial charge in [-0.25, -0.2) is 0 Å². The second-order valence-corrected chi connectivity index (χ2v) is 4.87. The van der Waals surface area contributed by atoms with Crippen molar-refractivity contribution in [3.05, 3.63) is 103 Å². The van der Waals surface area contributed by atoms with Crippen LogP contribution in [0.25, 0.3) is 0 Å². The van der Waals surface area contributed by atoms with Crippen molar-refractivity contribution in [3.8, 4) is 0 Å². The standard InChI is InChI=1S/C8H9O.2C6H6N.C2H5.Al.Li/c1-7(9)8-5-3-2-4-6-8;2*1-6-4-2-3-5-7-6;1-2;;/h2-7H,1H3;2*2-4H,1H3;1H2,2H3;;/q4*-1;+3;+1/t7-;;;;;/m0...../s1. The second kappa shape index (κ2) is 20.9. The third kappa shape index (κ3) is 17.8. The molecule has 0 aliphatic heterocycles. The van der Waals surface area contributed by atoms with E-state index in [1.807, 2.05) is 68.4 Å². The number of benzene rings is 1. The van der Waals surface area contributed by atoms with Gasteiger partial charge in [-0.1, -0.05) is 80.4 Å². The molecule has 0 spiro atoms. The maximum Gasteiger partial charge on any atom is 3.00 e. The van der Waals surface area contributed by atoms with Gasteiger partial charge in [-0.05, 0) is 0 Å². The van der Waals surface area contributed by atoms with Crippen molar-refractivity contribution in [2.75, 3.05) is 0 Å². The Morgan fingerprint density at radius 1 is 0.815 bits per heavy atom. The van der Waals surface area contributed by atoms with Crippen molar-refractivity contribution in [2.45, 2.75) is 33.8 Å². The number of hydrogen-bond donors (Lipinski definition) is 0. The Morgan fingerprint density at radius 3 is 1.41 bits per heavy atom. The molecule has 2 aromatic heterocycles. The third-order valence-electron chi connectivity index (χ3n) is 2.77. The molecule has 0 unspecified atom stereocenters. The van der Waals surface area contributed by atoms with Gasteiger partial charge in [0.2, 0.25) is 0 Å². The number of nitrogens with zero attached hydrogens (tertiary/aromatic N) is 2. The van der Waals surface area contributed by atoms with Gasteiger partial charge in [0.1, 0.15) is 0 Å². The quantitative estimate of drug-likeness (QED) is 0.475. The zero-order valence-electron chi connectivity index (χ0n) is 17.0. The van der Waals surface area contributed by atoms with Crippen molar-refractivity contribution in [1.82, 2.24) is 9.97 Å². The predicted molar refractivity (Wildman–Crippen MR) is 107 cm³/mol. The Morgan fingerprint density at radius 2 is 1.22 bits per heavy atom. The minimum absolute atomic E-state index is 0. The van der Waals surface area contributed by atoms with Crippen LogP contribution < -0.4 is 24.0 Å². The molecule has 0 saturated heterocycles. The van der Waals surface area contributed by atoms with Gasteiger partial charge in [0.15, 0.2) is 0 Å². The summed E-state index contributed by atoms with van der Waals surface area (Å²) in [6, 6.07) is 20.6. The van der Waals surface area contributed by atoms with Gasteiger partial charge in [0, 0.05) is 0 Å². The third-order valence-corrected chi connectivity index (χ3v) is 2.77. The normalized spacial score (nSPS) is 9.11. The molecular weight excluding hydrogens is 342 g/mol. The fourth-order valence-electron chi connectivity index (χ4n) is 1.54. The Kier molecular flexibility index (Phi) is 23.5. The minimum atomic E-state index is -0.591. The van der Waals surface area contributed by atoms with E-state index in [0.29, 0.717) is 0 Å². The first-order valence-corrected chi connectivity index (χ1v) is 8.10. The van der Waals surface area contributed by atoms with Gasteiger partial charge >= 0.3 is 36.2 Å². The van der Waals surface area contributed by atoms with E-state index in [1.54, 1.807) is 26.0 Å². The SMILES string of the molecule is C[C@H]([O-])c1ccccc1.Cc1ccc[c-]n1.Cc1ccc[c-]n1.[Al+3].[CH2-]C.[Li+]. The molecule has 134 valence electrons. The van der Waals surface area contributed by atoms with Crippen LogP contribution >= 0.6 is 0 Å². The number of rotatable bonds is 1. The van der Waals surface area contributed by atoms with Crippen molar-refractivity contribution in [3.63, 3.8) is 0 Å². The molecule has 3 nitrogen and oxygen atoms in total. The topological polar surface area (TPSA) is 48.8 Å². The van der Waals surface area contributed by atoms with Crippen molar-refractivity contribution < 1.29 is 24.0 Å². The molecule has 0 saturated carbocycles. The zero-order chi connectivity index (χ0) is 18.9. The van der Waals surface area contributed by atoms with E-state index < -0.39 is 6.10 Å². The molecule has 3 rings (SSSR count). The molecule has 27 heavy (non-hydrogen) atoms. The van der Waals surface area contributed by atoms with Crippen LogP contribution in [0.3, 0.4) is 0 Å². The smallest absolute Gasteiger partial charge is 0.849 e. The summed E-state index contributed by atoms with van der Waals surface area (Å²) in [5, 5.41) is 10.7. The maximum absolute atomic E-state index is 10.7. The largest absolute Gasteiger partial charge is 3.00 e. The number of aromatic nitrogens is 2. The molecule has 0 fully saturated rings. The van der Waals surface area contributed by atoms with Crippen LogP contribution in [-0.2, 0) is 0 Å². The predicted octanol–water partition coefficient (Wildman–Crippen LogP) is 0.952.